The van der Waals surface area contributed by atoms with Crippen LogP contribution in [-0.4, -0.2) is 5.97 Å². The summed E-state index contributed by atoms with van der Waals surface area (Å²) < 4.78 is 0. The zero-order chi connectivity index (χ0) is 8.27. The van der Waals surface area contributed by atoms with Crippen LogP contribution in [-0.2, 0) is 4.79 Å². The van der Waals surface area contributed by atoms with Crippen LogP contribution < -0.4 is 10.8 Å². The van der Waals surface area contributed by atoms with Crippen molar-refractivity contribution in [2.75, 3.05) is 0 Å². The number of carbonyl (C=O) groups excluding carboxylic acids is 1. The van der Waals surface area contributed by atoms with Gasteiger partial charge in [-0.3, -0.25) is 0 Å². The molecule has 2 N–H and O–H groups in total. The van der Waals surface area contributed by atoms with E-state index in [0.717, 1.165) is 0 Å². The van der Waals surface area contributed by atoms with Gasteiger partial charge in [-0.15, -0.1) is 0 Å². The predicted molar refractivity (Wildman–Crippen MR) is 38.4 cm³/mol. The molecule has 58 valence electrons. The van der Waals surface area contributed by atoms with Crippen LogP contribution in [0.1, 0.15) is 11.6 Å². The highest BCUT2D eigenvalue weighted by atomic mass is 16.4. The van der Waals surface area contributed by atoms with Gasteiger partial charge in [-0.2, -0.15) is 0 Å². The van der Waals surface area contributed by atoms with Gasteiger partial charge in [0.25, 0.3) is 0 Å². The van der Waals surface area contributed by atoms with Crippen molar-refractivity contribution >= 4 is 5.97 Å². The molecule has 0 spiro atoms. The van der Waals surface area contributed by atoms with Gasteiger partial charge < -0.3 is 15.6 Å². The van der Waals surface area contributed by atoms with Gasteiger partial charge in [0.1, 0.15) is 0 Å². The lowest BCUT2D eigenvalue weighted by Gasteiger charge is -2.11. The molecule has 1 atom stereocenters. The normalized spacial score (nSPS) is 12.5. The number of hydrogen-bond acceptors (Lipinski definition) is 3. The SMILES string of the molecule is N[C@@H](C(=O)[O-])c1ccccc1. The summed E-state index contributed by atoms with van der Waals surface area (Å²) >= 11 is 0. The molecule has 0 radical (unpaired) electrons. The summed E-state index contributed by atoms with van der Waals surface area (Å²) in [4.78, 5) is 10.3. The van der Waals surface area contributed by atoms with E-state index in [-0.39, 0.29) is 0 Å². The van der Waals surface area contributed by atoms with Crippen molar-refractivity contribution in [2.24, 2.45) is 5.73 Å². The maximum atomic E-state index is 10.3. The molecule has 3 nitrogen and oxygen atoms in total. The fourth-order valence-corrected chi connectivity index (χ4v) is 0.796. The quantitative estimate of drug-likeness (QED) is 0.614. The topological polar surface area (TPSA) is 66.2 Å². The fraction of sp³-hybridized carbons (Fsp3) is 0.125. The van der Waals surface area contributed by atoms with Gasteiger partial charge in [-0.25, -0.2) is 0 Å². The number of nitrogens with two attached hydrogens (primary N) is 1. The molecule has 0 aromatic heterocycles. The molecule has 0 saturated carbocycles. The third kappa shape index (κ3) is 1.78. The molecule has 1 rings (SSSR count). The Morgan fingerprint density at radius 1 is 1.36 bits per heavy atom. The number of rotatable bonds is 2. The Labute approximate surface area is 64.5 Å². The van der Waals surface area contributed by atoms with Crippen molar-refractivity contribution in [1.29, 1.82) is 0 Å². The minimum absolute atomic E-state index is 0.563. The van der Waals surface area contributed by atoms with E-state index in [9.17, 15) is 9.90 Å². The average Bonchev–Trinajstić information content (AvgIpc) is 2.05. The lowest BCUT2D eigenvalue weighted by atomic mass is 10.1. The van der Waals surface area contributed by atoms with Crippen LogP contribution in [0.3, 0.4) is 0 Å². The van der Waals surface area contributed by atoms with Gasteiger partial charge in [0.2, 0.25) is 0 Å². The number of aliphatic carboxylic acids is 1. The Morgan fingerprint density at radius 3 is 2.36 bits per heavy atom. The maximum Gasteiger partial charge on any atom is 0.0699 e. The summed E-state index contributed by atoms with van der Waals surface area (Å²) in [7, 11) is 0. The van der Waals surface area contributed by atoms with Crippen LogP contribution in [0, 0.1) is 0 Å². The molecule has 0 aliphatic rings. The second kappa shape index (κ2) is 3.16. The van der Waals surface area contributed by atoms with Crippen LogP contribution >= 0.6 is 0 Å². The molecule has 1 aromatic rings. The first-order valence-electron chi connectivity index (χ1n) is 3.23. The van der Waals surface area contributed by atoms with E-state index in [1.165, 1.54) is 0 Å². The summed E-state index contributed by atoms with van der Waals surface area (Å²) in [6.45, 7) is 0. The third-order valence-electron chi connectivity index (χ3n) is 1.41. The third-order valence-corrected chi connectivity index (χ3v) is 1.41. The van der Waals surface area contributed by atoms with Crippen molar-refractivity contribution in [3.8, 4) is 0 Å². The lowest BCUT2D eigenvalue weighted by Crippen LogP contribution is -2.34. The number of carboxylic acid groups (broad SMARTS) is 1. The standard InChI is InChI=1S/C8H9NO2/c9-7(8(10)11)6-4-2-1-3-5-6/h1-5,7H,9H2,(H,10,11)/p-1/t7-/m1/s1. The first kappa shape index (κ1) is 7.75. The van der Waals surface area contributed by atoms with Crippen LogP contribution in [0.25, 0.3) is 0 Å². The Kier molecular flexibility index (Phi) is 2.23. The fourth-order valence-electron chi connectivity index (χ4n) is 0.796. The predicted octanol–water partition coefficient (Wildman–Crippen LogP) is -0.564. The van der Waals surface area contributed by atoms with E-state index in [0.29, 0.717) is 5.56 Å². The maximum absolute atomic E-state index is 10.3. The Hall–Kier alpha value is -1.35. The van der Waals surface area contributed by atoms with E-state index < -0.39 is 12.0 Å². The van der Waals surface area contributed by atoms with E-state index in [2.05, 4.69) is 0 Å². The molecular weight excluding hydrogens is 142 g/mol. The van der Waals surface area contributed by atoms with Crippen LogP contribution in [0.15, 0.2) is 30.3 Å². The Morgan fingerprint density at radius 2 is 1.91 bits per heavy atom. The van der Waals surface area contributed by atoms with Crippen LogP contribution in [0.5, 0.6) is 0 Å². The summed E-state index contributed by atoms with van der Waals surface area (Å²) in [6.07, 6.45) is 0. The molecule has 0 saturated heterocycles. The largest absolute Gasteiger partial charge is 0.548 e. The molecule has 0 aliphatic carbocycles. The summed E-state index contributed by atoms with van der Waals surface area (Å²) in [5.74, 6) is -1.25. The second-order valence-electron chi connectivity index (χ2n) is 2.21. The van der Waals surface area contributed by atoms with Crippen LogP contribution in [0.4, 0.5) is 0 Å². The van der Waals surface area contributed by atoms with E-state index in [1.807, 2.05) is 0 Å². The smallest absolute Gasteiger partial charge is 0.0699 e. The summed E-state index contributed by atoms with van der Waals surface area (Å²) in [5, 5.41) is 10.3. The van der Waals surface area contributed by atoms with Gasteiger partial charge >= 0.3 is 0 Å². The summed E-state index contributed by atoms with van der Waals surface area (Å²) in [5.41, 5.74) is 5.84. The average molecular weight is 150 g/mol. The molecule has 1 aromatic carbocycles. The Balaban J connectivity index is 2.85. The van der Waals surface area contributed by atoms with Gasteiger partial charge in [0.05, 0.1) is 12.0 Å². The van der Waals surface area contributed by atoms with Crippen molar-refractivity contribution in [2.45, 2.75) is 6.04 Å². The highest BCUT2D eigenvalue weighted by Gasteiger charge is 2.03. The zero-order valence-electron chi connectivity index (χ0n) is 5.86. The number of hydrogen-bond donors (Lipinski definition) is 1. The number of benzene rings is 1. The minimum atomic E-state index is -1.25. The first-order chi connectivity index (χ1) is 5.22. The highest BCUT2D eigenvalue weighted by molar-refractivity contribution is 5.72. The van der Waals surface area contributed by atoms with Gasteiger partial charge in [0, 0.05) is 0 Å². The second-order valence-corrected chi connectivity index (χ2v) is 2.21. The monoisotopic (exact) mass is 150 g/mol. The first-order valence-corrected chi connectivity index (χ1v) is 3.23. The number of carboxylic acids is 1. The van der Waals surface area contributed by atoms with Crippen LogP contribution in [0.2, 0.25) is 0 Å². The molecule has 0 unspecified atom stereocenters. The van der Waals surface area contributed by atoms with E-state index in [1.54, 1.807) is 30.3 Å². The number of carbonyl (C=O) groups is 1. The van der Waals surface area contributed by atoms with Crippen molar-refractivity contribution < 1.29 is 9.90 Å². The van der Waals surface area contributed by atoms with Crippen molar-refractivity contribution in [3.05, 3.63) is 35.9 Å². The molecule has 0 bridgehead atoms. The van der Waals surface area contributed by atoms with Gasteiger partial charge in [-0.1, -0.05) is 30.3 Å². The van der Waals surface area contributed by atoms with E-state index >= 15 is 0 Å². The van der Waals surface area contributed by atoms with Gasteiger partial charge in [0.15, 0.2) is 0 Å². The molecule has 11 heavy (non-hydrogen) atoms. The molecule has 0 aliphatic heterocycles. The zero-order valence-corrected chi connectivity index (χ0v) is 5.86. The molecule has 0 fully saturated rings. The highest BCUT2D eigenvalue weighted by Crippen LogP contribution is 2.07. The molecule has 3 heteroatoms. The lowest BCUT2D eigenvalue weighted by molar-refractivity contribution is -0.307. The van der Waals surface area contributed by atoms with Crippen molar-refractivity contribution in [1.82, 2.24) is 0 Å². The summed E-state index contributed by atoms with van der Waals surface area (Å²) in [6, 6.07) is 7.55. The van der Waals surface area contributed by atoms with E-state index in [4.69, 9.17) is 5.73 Å². The minimum Gasteiger partial charge on any atom is -0.548 e. The Bertz CT molecular complexity index is 246. The van der Waals surface area contributed by atoms with Crippen molar-refractivity contribution in [3.63, 3.8) is 0 Å². The molecule has 0 heterocycles. The molecular formula is C8H8NO2-. The molecule has 0 amide bonds. The van der Waals surface area contributed by atoms with Gasteiger partial charge in [-0.05, 0) is 5.56 Å².